The summed E-state index contributed by atoms with van der Waals surface area (Å²) in [7, 11) is -2.23. The highest BCUT2D eigenvalue weighted by Crippen LogP contribution is 2.17. The van der Waals surface area contributed by atoms with Crippen LogP contribution in [0.3, 0.4) is 0 Å². The highest BCUT2D eigenvalue weighted by molar-refractivity contribution is 7.91. The molecule has 1 aromatic rings. The predicted octanol–water partition coefficient (Wildman–Crippen LogP) is 0.514. The molecule has 1 atom stereocenters. The second kappa shape index (κ2) is 8.49. The van der Waals surface area contributed by atoms with Gasteiger partial charge >= 0.3 is 18.1 Å². The number of carbonyl (C=O) groups is 2. The van der Waals surface area contributed by atoms with Gasteiger partial charge in [0.15, 0.2) is 9.84 Å². The topological polar surface area (TPSA) is 144 Å². The fourth-order valence-electron chi connectivity index (χ4n) is 1.19. The average Bonchev–Trinajstić information content (AvgIpc) is 2.46. The van der Waals surface area contributed by atoms with Crippen molar-refractivity contribution in [2.45, 2.75) is 17.1 Å². The fraction of sp³-hybridized carbons (Fsp3) is 0.333. The summed E-state index contributed by atoms with van der Waals surface area (Å²) in [6, 6.07) is 4.24. The van der Waals surface area contributed by atoms with E-state index in [1.165, 1.54) is 31.4 Å². The van der Waals surface area contributed by atoms with E-state index in [1.807, 2.05) is 0 Å². The van der Waals surface area contributed by atoms with E-state index in [0.29, 0.717) is 5.75 Å². The monoisotopic (exact) mass is 373 g/mol. The second-order valence-corrected chi connectivity index (χ2v) is 6.24. The number of aliphatic carboxylic acids is 2. The maximum Gasteiger partial charge on any atom is 0.490 e. The average molecular weight is 373 g/mol. The number of alkyl halides is 3. The van der Waals surface area contributed by atoms with E-state index in [4.69, 9.17) is 25.5 Å². The van der Waals surface area contributed by atoms with Crippen LogP contribution in [0.15, 0.2) is 29.2 Å². The molecule has 0 fully saturated rings. The van der Waals surface area contributed by atoms with E-state index in [1.54, 1.807) is 0 Å². The highest BCUT2D eigenvalue weighted by Gasteiger charge is 2.38. The summed E-state index contributed by atoms with van der Waals surface area (Å²) in [5.41, 5.74) is 5.19. The van der Waals surface area contributed by atoms with Gasteiger partial charge in [-0.15, -0.1) is 0 Å². The minimum absolute atomic E-state index is 0.0231. The number of halogens is 3. The van der Waals surface area contributed by atoms with E-state index in [0.717, 1.165) is 0 Å². The van der Waals surface area contributed by atoms with Crippen LogP contribution in [-0.4, -0.2) is 55.7 Å². The van der Waals surface area contributed by atoms with Gasteiger partial charge in [-0.25, -0.2) is 13.2 Å². The summed E-state index contributed by atoms with van der Waals surface area (Å²) in [6.07, 6.45) is -5.08. The van der Waals surface area contributed by atoms with Crippen molar-refractivity contribution in [1.29, 1.82) is 0 Å². The number of carboxylic acid groups (broad SMARTS) is 2. The lowest BCUT2D eigenvalue weighted by molar-refractivity contribution is -0.192. The Kier molecular flexibility index (Phi) is 7.67. The summed E-state index contributed by atoms with van der Waals surface area (Å²) in [6.45, 7) is 0. The summed E-state index contributed by atoms with van der Waals surface area (Å²) in [5.74, 6) is -4.21. The highest BCUT2D eigenvalue weighted by atomic mass is 32.2. The van der Waals surface area contributed by atoms with Crippen LogP contribution in [0.2, 0.25) is 0 Å². The molecule has 0 spiro atoms. The van der Waals surface area contributed by atoms with Crippen LogP contribution in [0, 0.1) is 0 Å². The van der Waals surface area contributed by atoms with Crippen molar-refractivity contribution in [3.05, 3.63) is 24.3 Å². The largest absolute Gasteiger partial charge is 0.497 e. The normalized spacial score (nSPS) is 12.5. The van der Waals surface area contributed by atoms with Gasteiger partial charge in [0.1, 0.15) is 11.8 Å². The van der Waals surface area contributed by atoms with E-state index in [9.17, 15) is 26.4 Å². The molecule has 12 heteroatoms. The quantitative estimate of drug-likeness (QED) is 0.677. The van der Waals surface area contributed by atoms with E-state index < -0.39 is 39.7 Å². The minimum Gasteiger partial charge on any atom is -0.497 e. The van der Waals surface area contributed by atoms with Crippen molar-refractivity contribution in [3.8, 4) is 5.75 Å². The van der Waals surface area contributed by atoms with Crippen LogP contribution in [0.4, 0.5) is 13.2 Å². The molecule has 0 aliphatic carbocycles. The van der Waals surface area contributed by atoms with Crippen molar-refractivity contribution < 1.29 is 46.1 Å². The Balaban J connectivity index is 0.000000640. The van der Waals surface area contributed by atoms with Crippen molar-refractivity contribution in [2.75, 3.05) is 12.9 Å². The van der Waals surface area contributed by atoms with Crippen LogP contribution < -0.4 is 10.5 Å². The van der Waals surface area contributed by atoms with Gasteiger partial charge in [0, 0.05) is 0 Å². The van der Waals surface area contributed by atoms with Gasteiger partial charge in [0.05, 0.1) is 17.8 Å². The molecule has 8 nitrogen and oxygen atoms in total. The Morgan fingerprint density at radius 1 is 1.21 bits per heavy atom. The maximum absolute atomic E-state index is 11.8. The van der Waals surface area contributed by atoms with Crippen LogP contribution >= 0.6 is 0 Å². The van der Waals surface area contributed by atoms with Gasteiger partial charge in [0.2, 0.25) is 0 Å². The minimum atomic E-state index is -5.08. The first-order chi connectivity index (χ1) is 10.8. The smallest absolute Gasteiger partial charge is 0.490 e. The Hall–Kier alpha value is -2.34. The van der Waals surface area contributed by atoms with Crippen molar-refractivity contribution >= 4 is 21.8 Å². The number of sulfone groups is 1. The number of ether oxygens (including phenoxy) is 1. The number of methoxy groups -OCH3 is 1. The SMILES string of the molecule is COc1ccc(S(=O)(=O)CC(N)C(=O)O)cc1.O=C(O)C(F)(F)F. The first-order valence-electron chi connectivity index (χ1n) is 5.96. The lowest BCUT2D eigenvalue weighted by Gasteiger charge is -2.08. The zero-order chi connectivity index (χ0) is 19.1. The maximum atomic E-state index is 11.8. The van der Waals surface area contributed by atoms with Gasteiger partial charge in [-0.2, -0.15) is 13.2 Å². The summed E-state index contributed by atoms with van der Waals surface area (Å²) in [4.78, 5) is 19.4. The van der Waals surface area contributed by atoms with Crippen LogP contribution in [0.1, 0.15) is 0 Å². The zero-order valence-electron chi connectivity index (χ0n) is 12.1. The number of benzene rings is 1. The number of rotatable bonds is 5. The molecular formula is C12H14F3NO7S. The third-order valence-electron chi connectivity index (χ3n) is 2.38. The Labute approximate surface area is 134 Å². The third-order valence-corrected chi connectivity index (χ3v) is 4.17. The van der Waals surface area contributed by atoms with E-state index in [-0.39, 0.29) is 4.90 Å². The molecule has 4 N–H and O–H groups in total. The number of hydrogen-bond donors (Lipinski definition) is 3. The molecule has 0 aromatic heterocycles. The van der Waals surface area contributed by atoms with Crippen LogP contribution in [0.5, 0.6) is 5.75 Å². The van der Waals surface area contributed by atoms with Gasteiger partial charge in [-0.1, -0.05) is 0 Å². The summed E-state index contributed by atoms with van der Waals surface area (Å²) >= 11 is 0. The third kappa shape index (κ3) is 7.28. The van der Waals surface area contributed by atoms with E-state index >= 15 is 0 Å². The molecule has 0 radical (unpaired) electrons. The lowest BCUT2D eigenvalue weighted by atomic mass is 10.3. The fourth-order valence-corrected chi connectivity index (χ4v) is 2.55. The molecule has 0 aliphatic heterocycles. The predicted molar refractivity (Wildman–Crippen MR) is 74.3 cm³/mol. The summed E-state index contributed by atoms with van der Waals surface area (Å²) < 4.78 is 60.1. The Bertz CT molecular complexity index is 671. The van der Waals surface area contributed by atoms with Crippen molar-refractivity contribution in [1.82, 2.24) is 0 Å². The van der Waals surface area contributed by atoms with Gasteiger partial charge in [0.25, 0.3) is 0 Å². The first kappa shape index (κ1) is 21.7. The summed E-state index contributed by atoms with van der Waals surface area (Å²) in [5, 5.41) is 15.7. The molecule has 1 rings (SSSR count). The molecule has 0 bridgehead atoms. The van der Waals surface area contributed by atoms with E-state index in [2.05, 4.69) is 0 Å². The Morgan fingerprint density at radius 2 is 1.62 bits per heavy atom. The molecule has 0 heterocycles. The molecule has 1 aromatic carbocycles. The van der Waals surface area contributed by atoms with Crippen LogP contribution in [0.25, 0.3) is 0 Å². The molecule has 0 saturated heterocycles. The standard InChI is InChI=1S/C10H13NO5S.C2HF3O2/c1-16-7-2-4-8(5-3-7)17(14,15)6-9(11)10(12)13;3-2(4,5)1(6)7/h2-5,9H,6,11H2,1H3,(H,12,13);(H,6,7). The second-order valence-electron chi connectivity index (χ2n) is 4.20. The molecular weight excluding hydrogens is 359 g/mol. The molecule has 1 unspecified atom stereocenters. The van der Waals surface area contributed by atoms with Crippen LogP contribution in [-0.2, 0) is 19.4 Å². The van der Waals surface area contributed by atoms with Gasteiger partial charge < -0.3 is 20.7 Å². The van der Waals surface area contributed by atoms with Crippen molar-refractivity contribution in [2.24, 2.45) is 5.73 Å². The Morgan fingerprint density at radius 3 is 1.92 bits per heavy atom. The molecule has 24 heavy (non-hydrogen) atoms. The van der Waals surface area contributed by atoms with Gasteiger partial charge in [-0.05, 0) is 24.3 Å². The molecule has 0 aliphatic rings. The van der Waals surface area contributed by atoms with Gasteiger partial charge in [-0.3, -0.25) is 4.79 Å². The number of hydrogen-bond acceptors (Lipinski definition) is 6. The lowest BCUT2D eigenvalue weighted by Crippen LogP contribution is -2.37. The van der Waals surface area contributed by atoms with Crippen molar-refractivity contribution in [3.63, 3.8) is 0 Å². The number of nitrogens with two attached hydrogens (primary N) is 1. The number of carboxylic acids is 2. The first-order valence-corrected chi connectivity index (χ1v) is 7.61. The zero-order valence-corrected chi connectivity index (χ0v) is 13.0. The molecule has 0 amide bonds. The molecule has 0 saturated carbocycles. The molecule has 136 valence electrons.